The number of halogens is 1. The van der Waals surface area contributed by atoms with Crippen LogP contribution in [0.2, 0.25) is 0 Å². The van der Waals surface area contributed by atoms with Crippen LogP contribution in [0, 0.1) is 12.7 Å². The van der Waals surface area contributed by atoms with Crippen molar-refractivity contribution < 1.29 is 13.9 Å². The van der Waals surface area contributed by atoms with Crippen LogP contribution >= 0.6 is 0 Å². The zero-order valence-electron chi connectivity index (χ0n) is 11.8. The van der Waals surface area contributed by atoms with Crippen LogP contribution in [-0.2, 0) is 0 Å². The van der Waals surface area contributed by atoms with E-state index in [4.69, 9.17) is 15.2 Å². The molecule has 0 fully saturated rings. The molecule has 0 amide bonds. The minimum Gasteiger partial charge on any atom is -0.497 e. The van der Waals surface area contributed by atoms with Crippen molar-refractivity contribution in [3.05, 3.63) is 58.9 Å². The van der Waals surface area contributed by atoms with Crippen molar-refractivity contribution in [3.8, 4) is 11.5 Å². The summed E-state index contributed by atoms with van der Waals surface area (Å²) in [6.07, 6.45) is 0. The molecular weight excluding hydrogens is 257 g/mol. The topological polar surface area (TPSA) is 44.5 Å². The average Bonchev–Trinajstić information content (AvgIpc) is 2.48. The first-order chi connectivity index (χ1) is 9.58. The Balaban J connectivity index is 2.51. The van der Waals surface area contributed by atoms with Crippen LogP contribution in [0.25, 0.3) is 0 Å². The molecule has 0 aliphatic rings. The second kappa shape index (κ2) is 5.92. The summed E-state index contributed by atoms with van der Waals surface area (Å²) < 4.78 is 24.7. The molecule has 0 bridgehead atoms. The SMILES string of the molecule is COc1ccc(OC)c(C(N)c2cccc(C)c2F)c1. The third-order valence-electron chi connectivity index (χ3n) is 3.33. The molecule has 0 aliphatic heterocycles. The Kier molecular flexibility index (Phi) is 4.25. The lowest BCUT2D eigenvalue weighted by Crippen LogP contribution is -2.15. The first-order valence-electron chi connectivity index (χ1n) is 6.31. The molecule has 2 N–H and O–H groups in total. The Labute approximate surface area is 118 Å². The molecule has 0 saturated heterocycles. The Morgan fingerprint density at radius 3 is 2.45 bits per heavy atom. The summed E-state index contributed by atoms with van der Waals surface area (Å²) in [6.45, 7) is 1.72. The number of rotatable bonds is 4. The van der Waals surface area contributed by atoms with Crippen molar-refractivity contribution in [2.75, 3.05) is 14.2 Å². The maximum absolute atomic E-state index is 14.2. The monoisotopic (exact) mass is 275 g/mol. The highest BCUT2D eigenvalue weighted by atomic mass is 19.1. The van der Waals surface area contributed by atoms with E-state index in [1.807, 2.05) is 0 Å². The molecule has 0 saturated carbocycles. The number of methoxy groups -OCH3 is 2. The number of benzene rings is 2. The van der Waals surface area contributed by atoms with E-state index >= 15 is 0 Å². The molecule has 0 spiro atoms. The summed E-state index contributed by atoms with van der Waals surface area (Å²) in [7, 11) is 3.13. The van der Waals surface area contributed by atoms with Crippen LogP contribution in [-0.4, -0.2) is 14.2 Å². The smallest absolute Gasteiger partial charge is 0.131 e. The highest BCUT2D eigenvalue weighted by Gasteiger charge is 2.19. The number of hydrogen-bond donors (Lipinski definition) is 1. The average molecular weight is 275 g/mol. The van der Waals surface area contributed by atoms with E-state index in [1.54, 1.807) is 57.5 Å². The van der Waals surface area contributed by atoms with Gasteiger partial charge in [-0.1, -0.05) is 18.2 Å². The normalized spacial score (nSPS) is 12.1. The molecule has 1 atom stereocenters. The van der Waals surface area contributed by atoms with E-state index in [2.05, 4.69) is 0 Å². The Hall–Kier alpha value is -2.07. The minimum absolute atomic E-state index is 0.287. The van der Waals surface area contributed by atoms with Crippen LogP contribution in [0.15, 0.2) is 36.4 Å². The van der Waals surface area contributed by atoms with Gasteiger partial charge >= 0.3 is 0 Å². The summed E-state index contributed by atoms with van der Waals surface area (Å²) >= 11 is 0. The Bertz CT molecular complexity index is 613. The molecule has 2 aromatic rings. The van der Waals surface area contributed by atoms with Gasteiger partial charge in [-0.05, 0) is 30.7 Å². The summed E-state index contributed by atoms with van der Waals surface area (Å²) in [4.78, 5) is 0. The second-order valence-electron chi connectivity index (χ2n) is 4.56. The number of aryl methyl sites for hydroxylation is 1. The molecule has 106 valence electrons. The maximum Gasteiger partial charge on any atom is 0.131 e. The molecular formula is C16H18FNO2. The van der Waals surface area contributed by atoms with Gasteiger partial charge in [0.15, 0.2) is 0 Å². The minimum atomic E-state index is -0.611. The van der Waals surface area contributed by atoms with Gasteiger partial charge in [-0.15, -0.1) is 0 Å². The zero-order chi connectivity index (χ0) is 14.7. The van der Waals surface area contributed by atoms with Crippen LogP contribution in [0.1, 0.15) is 22.7 Å². The van der Waals surface area contributed by atoms with Crippen molar-refractivity contribution in [3.63, 3.8) is 0 Å². The van der Waals surface area contributed by atoms with Crippen LogP contribution in [0.5, 0.6) is 11.5 Å². The van der Waals surface area contributed by atoms with Gasteiger partial charge in [0, 0.05) is 11.1 Å². The van der Waals surface area contributed by atoms with E-state index < -0.39 is 6.04 Å². The van der Waals surface area contributed by atoms with Gasteiger partial charge in [0.25, 0.3) is 0 Å². The Morgan fingerprint density at radius 1 is 1.05 bits per heavy atom. The quantitative estimate of drug-likeness (QED) is 0.932. The molecule has 1 unspecified atom stereocenters. The first kappa shape index (κ1) is 14.3. The van der Waals surface area contributed by atoms with Crippen molar-refractivity contribution in [2.45, 2.75) is 13.0 Å². The second-order valence-corrected chi connectivity index (χ2v) is 4.56. The van der Waals surface area contributed by atoms with Crippen LogP contribution in [0.4, 0.5) is 4.39 Å². The van der Waals surface area contributed by atoms with Gasteiger partial charge < -0.3 is 15.2 Å². The number of ether oxygens (including phenoxy) is 2. The van der Waals surface area contributed by atoms with Crippen molar-refractivity contribution >= 4 is 0 Å². The van der Waals surface area contributed by atoms with Crippen LogP contribution in [0.3, 0.4) is 0 Å². The van der Waals surface area contributed by atoms with Gasteiger partial charge in [0.2, 0.25) is 0 Å². The number of hydrogen-bond acceptors (Lipinski definition) is 3. The van der Waals surface area contributed by atoms with E-state index in [0.29, 0.717) is 28.2 Å². The van der Waals surface area contributed by atoms with Crippen molar-refractivity contribution in [1.82, 2.24) is 0 Å². The van der Waals surface area contributed by atoms with E-state index in [1.165, 1.54) is 0 Å². The van der Waals surface area contributed by atoms with Gasteiger partial charge in [-0.25, -0.2) is 4.39 Å². The van der Waals surface area contributed by atoms with Crippen molar-refractivity contribution in [1.29, 1.82) is 0 Å². The molecule has 0 radical (unpaired) electrons. The fourth-order valence-corrected chi connectivity index (χ4v) is 2.16. The largest absolute Gasteiger partial charge is 0.497 e. The molecule has 0 aromatic heterocycles. The highest BCUT2D eigenvalue weighted by Crippen LogP contribution is 2.33. The van der Waals surface area contributed by atoms with E-state index in [9.17, 15) is 4.39 Å². The van der Waals surface area contributed by atoms with Gasteiger partial charge in [0.05, 0.1) is 20.3 Å². The fourth-order valence-electron chi connectivity index (χ4n) is 2.16. The lowest BCUT2D eigenvalue weighted by molar-refractivity contribution is 0.396. The predicted octanol–water partition coefficient (Wildman–Crippen LogP) is 3.20. The third-order valence-corrected chi connectivity index (χ3v) is 3.33. The third kappa shape index (κ3) is 2.60. The van der Waals surface area contributed by atoms with Gasteiger partial charge in [-0.3, -0.25) is 0 Å². The van der Waals surface area contributed by atoms with Crippen molar-refractivity contribution in [2.24, 2.45) is 5.73 Å². The summed E-state index contributed by atoms with van der Waals surface area (Å²) in [5.41, 5.74) is 7.91. The zero-order valence-corrected chi connectivity index (χ0v) is 11.8. The lowest BCUT2D eigenvalue weighted by Gasteiger charge is -2.18. The summed E-state index contributed by atoms with van der Waals surface area (Å²) in [5.74, 6) is 0.980. The maximum atomic E-state index is 14.2. The number of nitrogens with two attached hydrogens (primary N) is 1. The predicted molar refractivity (Wildman–Crippen MR) is 76.7 cm³/mol. The van der Waals surface area contributed by atoms with Gasteiger partial charge in [0.1, 0.15) is 17.3 Å². The van der Waals surface area contributed by atoms with Gasteiger partial charge in [-0.2, -0.15) is 0 Å². The first-order valence-corrected chi connectivity index (χ1v) is 6.31. The Morgan fingerprint density at radius 2 is 1.80 bits per heavy atom. The van der Waals surface area contributed by atoms with Crippen LogP contribution < -0.4 is 15.2 Å². The van der Waals surface area contributed by atoms with E-state index in [0.717, 1.165) is 0 Å². The summed E-state index contributed by atoms with van der Waals surface area (Å²) in [6, 6.07) is 9.90. The molecule has 2 aromatic carbocycles. The molecule has 0 aliphatic carbocycles. The molecule has 2 rings (SSSR count). The standard InChI is InChI=1S/C16H18FNO2/c1-10-5-4-6-12(15(10)17)16(18)13-9-11(19-2)7-8-14(13)20-3/h4-9,16H,18H2,1-3H3. The molecule has 0 heterocycles. The molecule has 3 nitrogen and oxygen atoms in total. The highest BCUT2D eigenvalue weighted by molar-refractivity contribution is 5.46. The lowest BCUT2D eigenvalue weighted by atomic mass is 9.96. The molecule has 20 heavy (non-hydrogen) atoms. The molecule has 4 heteroatoms. The van der Waals surface area contributed by atoms with E-state index in [-0.39, 0.29) is 5.82 Å². The fraction of sp³-hybridized carbons (Fsp3) is 0.250. The summed E-state index contributed by atoms with van der Waals surface area (Å²) in [5, 5.41) is 0.